The first kappa shape index (κ1) is 37.4. The number of pyridine rings is 1. The highest BCUT2D eigenvalue weighted by Gasteiger charge is 2.37. The Morgan fingerprint density at radius 3 is 2.29 bits per heavy atom. The minimum absolute atomic E-state index is 0. The molecule has 0 unspecified atom stereocenters. The molecule has 0 aliphatic carbocycles. The smallest absolute Gasteiger partial charge is 0.410 e. The fraction of sp³-hybridized carbons (Fsp3) is 0.310. The zero-order valence-corrected chi connectivity index (χ0v) is 27.0. The molecule has 0 spiro atoms. The Morgan fingerprint density at radius 2 is 1.64 bits per heavy atom. The van der Waals surface area contributed by atoms with Gasteiger partial charge < -0.3 is 30.1 Å². The molecule has 3 atom stereocenters. The van der Waals surface area contributed by atoms with Gasteiger partial charge in [0.15, 0.2) is 0 Å². The fourth-order valence-electron chi connectivity index (χ4n) is 4.40. The van der Waals surface area contributed by atoms with E-state index in [2.05, 4.69) is 20.3 Å². The molecule has 13 nitrogen and oxygen atoms in total. The summed E-state index contributed by atoms with van der Waals surface area (Å²) < 4.78 is 38.4. The lowest BCUT2D eigenvalue weighted by Gasteiger charge is -2.24. The maximum atomic E-state index is 13.0. The molecule has 1 aromatic heterocycles. The van der Waals surface area contributed by atoms with Crippen LogP contribution in [0.3, 0.4) is 0 Å². The van der Waals surface area contributed by atoms with Crippen LogP contribution in [0.2, 0.25) is 0 Å². The Bertz CT molecular complexity index is 1470. The Kier molecular flexibility index (Phi) is 15.1. The Morgan fingerprint density at radius 1 is 0.978 bits per heavy atom. The molecule has 0 radical (unpaired) electrons. The molecule has 3 aromatic rings. The average Bonchev–Trinajstić information content (AvgIpc) is 3.44. The van der Waals surface area contributed by atoms with E-state index in [9.17, 15) is 27.9 Å². The highest BCUT2D eigenvalue weighted by atomic mass is 32.2. The van der Waals surface area contributed by atoms with Crippen molar-refractivity contribution in [1.29, 1.82) is 0 Å². The van der Waals surface area contributed by atoms with Crippen molar-refractivity contribution < 1.29 is 37.4 Å². The SMILES string of the molecule is O=C(CO[C@@H]1C[C@@H](CNc2ccccn2)N(C(=O)OCc2ccccc2)C1)NC[C@H](NS(=O)(=O)c1ccccc1)C(=O)O.S.S. The molecule has 244 valence electrons. The molecule has 1 saturated heterocycles. The molecular weight excluding hydrogens is 643 g/mol. The van der Waals surface area contributed by atoms with Crippen LogP contribution in [0, 0.1) is 0 Å². The van der Waals surface area contributed by atoms with Gasteiger partial charge in [-0.2, -0.15) is 31.7 Å². The molecule has 1 aliphatic heterocycles. The van der Waals surface area contributed by atoms with Crippen LogP contribution in [0.25, 0.3) is 0 Å². The van der Waals surface area contributed by atoms with Crippen molar-refractivity contribution >= 4 is 60.8 Å². The summed E-state index contributed by atoms with van der Waals surface area (Å²) in [7, 11) is -4.12. The van der Waals surface area contributed by atoms with Crippen LogP contribution in [0.5, 0.6) is 0 Å². The van der Waals surface area contributed by atoms with E-state index in [1.165, 1.54) is 24.3 Å². The predicted molar refractivity (Wildman–Crippen MR) is 176 cm³/mol. The Hall–Kier alpha value is -3.83. The number of benzene rings is 2. The van der Waals surface area contributed by atoms with Gasteiger partial charge in [-0.1, -0.05) is 54.6 Å². The second-order valence-corrected chi connectivity index (χ2v) is 11.5. The van der Waals surface area contributed by atoms with Crippen LogP contribution in [0.15, 0.2) is 90.0 Å². The quantitative estimate of drug-likeness (QED) is 0.197. The van der Waals surface area contributed by atoms with E-state index in [4.69, 9.17) is 9.47 Å². The molecule has 0 saturated carbocycles. The summed E-state index contributed by atoms with van der Waals surface area (Å²) in [5.41, 5.74) is 0.841. The highest BCUT2D eigenvalue weighted by Crippen LogP contribution is 2.22. The lowest BCUT2D eigenvalue weighted by atomic mass is 10.2. The Balaban J connectivity index is 0.00000353. The van der Waals surface area contributed by atoms with E-state index >= 15 is 0 Å². The number of sulfonamides is 1. The van der Waals surface area contributed by atoms with E-state index in [0.29, 0.717) is 18.8 Å². The van der Waals surface area contributed by atoms with Crippen molar-refractivity contribution in [2.45, 2.75) is 36.1 Å². The van der Waals surface area contributed by atoms with E-state index < -0.39 is 53.3 Å². The number of likely N-dealkylation sites (tertiary alicyclic amines) is 1. The molecule has 0 bridgehead atoms. The van der Waals surface area contributed by atoms with Crippen molar-refractivity contribution in [3.8, 4) is 0 Å². The standard InChI is InChI=1S/C29H33N5O8S.2H2S/c35-27(32-17-25(28(36)37)33-43(39,40)24-11-5-2-6-12-24)20-41-23-15-22(16-31-26-13-7-8-14-30-26)34(18-23)29(38)42-19-21-9-3-1-4-10-21;;/h1-14,22-23,25,33H,15-20H2,(H,30,31)(H,32,35)(H,36,37);2*1H2/t22-,23+,25-;;/m0../s1. The number of carboxylic acid groups (broad SMARTS) is 1. The molecule has 4 rings (SSSR count). The molecule has 2 aromatic carbocycles. The number of carbonyl (C=O) groups is 3. The number of amides is 2. The van der Waals surface area contributed by atoms with Gasteiger partial charge in [-0.15, -0.1) is 0 Å². The summed E-state index contributed by atoms with van der Waals surface area (Å²) >= 11 is 0. The second kappa shape index (κ2) is 18.2. The number of nitrogens with zero attached hydrogens (tertiary/aromatic N) is 2. The molecule has 45 heavy (non-hydrogen) atoms. The number of nitrogens with one attached hydrogen (secondary N) is 3. The third-order valence-corrected chi connectivity index (χ3v) is 8.09. The highest BCUT2D eigenvalue weighted by molar-refractivity contribution is 7.89. The third-order valence-electron chi connectivity index (χ3n) is 6.60. The molecule has 4 N–H and O–H groups in total. The lowest BCUT2D eigenvalue weighted by Crippen LogP contribution is -2.49. The summed E-state index contributed by atoms with van der Waals surface area (Å²) in [5, 5.41) is 15.1. The third kappa shape index (κ3) is 11.6. The average molecular weight is 680 g/mol. The minimum Gasteiger partial charge on any atom is -0.480 e. The molecule has 2 heterocycles. The summed E-state index contributed by atoms with van der Waals surface area (Å²) in [4.78, 5) is 42.8. The van der Waals surface area contributed by atoms with E-state index in [1.807, 2.05) is 36.4 Å². The number of hydrogen-bond donors (Lipinski definition) is 4. The minimum atomic E-state index is -4.12. The van der Waals surface area contributed by atoms with Crippen molar-refractivity contribution in [2.75, 3.05) is 31.6 Å². The van der Waals surface area contributed by atoms with Crippen LogP contribution in [-0.2, 0) is 35.7 Å². The van der Waals surface area contributed by atoms with Gasteiger partial charge in [-0.05, 0) is 36.2 Å². The fourth-order valence-corrected chi connectivity index (χ4v) is 5.61. The zero-order valence-electron chi connectivity index (χ0n) is 24.2. The summed E-state index contributed by atoms with van der Waals surface area (Å²) in [6.07, 6.45) is 1.02. The number of carboxylic acids is 1. The van der Waals surface area contributed by atoms with Gasteiger partial charge >= 0.3 is 12.1 Å². The van der Waals surface area contributed by atoms with Crippen LogP contribution in [0.1, 0.15) is 12.0 Å². The summed E-state index contributed by atoms with van der Waals surface area (Å²) in [6.45, 7) is -0.280. The molecular formula is C29H37N5O8S3. The Labute approximate surface area is 275 Å². The van der Waals surface area contributed by atoms with Gasteiger partial charge in [-0.3, -0.25) is 9.59 Å². The van der Waals surface area contributed by atoms with Crippen LogP contribution in [0.4, 0.5) is 10.6 Å². The summed E-state index contributed by atoms with van der Waals surface area (Å²) in [5.74, 6) is -1.46. The van der Waals surface area contributed by atoms with Crippen molar-refractivity contribution in [3.05, 3.63) is 90.6 Å². The normalized spacial score (nSPS) is 16.4. The molecule has 16 heteroatoms. The lowest BCUT2D eigenvalue weighted by molar-refractivity contribution is -0.139. The maximum Gasteiger partial charge on any atom is 0.410 e. The predicted octanol–water partition coefficient (Wildman–Crippen LogP) is 2.06. The number of hydrogen-bond acceptors (Lipinski definition) is 9. The maximum absolute atomic E-state index is 13.0. The number of carbonyl (C=O) groups excluding carboxylic acids is 2. The second-order valence-electron chi connectivity index (χ2n) is 9.74. The van der Waals surface area contributed by atoms with Gasteiger partial charge in [0.25, 0.3) is 0 Å². The van der Waals surface area contributed by atoms with Crippen molar-refractivity contribution in [1.82, 2.24) is 19.9 Å². The summed E-state index contributed by atoms with van der Waals surface area (Å²) in [6, 6.07) is 20.1. The zero-order chi connectivity index (χ0) is 30.7. The van der Waals surface area contributed by atoms with Gasteiger partial charge in [-0.25, -0.2) is 18.2 Å². The van der Waals surface area contributed by atoms with Gasteiger partial charge in [0.1, 0.15) is 25.1 Å². The number of rotatable bonds is 14. The van der Waals surface area contributed by atoms with E-state index in [1.54, 1.807) is 29.3 Å². The van der Waals surface area contributed by atoms with E-state index in [0.717, 1.165) is 5.56 Å². The topological polar surface area (TPSA) is 176 Å². The van der Waals surface area contributed by atoms with E-state index in [-0.39, 0.29) is 51.1 Å². The number of aliphatic carboxylic acids is 1. The van der Waals surface area contributed by atoms with Crippen LogP contribution < -0.4 is 15.4 Å². The first-order valence-corrected chi connectivity index (χ1v) is 15.0. The largest absolute Gasteiger partial charge is 0.480 e. The van der Waals surface area contributed by atoms with Crippen LogP contribution >= 0.6 is 27.0 Å². The first-order chi connectivity index (χ1) is 20.7. The molecule has 2 amide bonds. The molecule has 1 aliphatic rings. The number of aromatic nitrogens is 1. The van der Waals surface area contributed by atoms with Gasteiger partial charge in [0.05, 0.1) is 23.6 Å². The number of anilines is 1. The van der Waals surface area contributed by atoms with Crippen LogP contribution in [-0.4, -0.2) is 85.8 Å². The first-order valence-electron chi connectivity index (χ1n) is 13.5. The number of ether oxygens (including phenoxy) is 2. The van der Waals surface area contributed by atoms with Crippen molar-refractivity contribution in [3.63, 3.8) is 0 Å². The van der Waals surface area contributed by atoms with Gasteiger partial charge in [0.2, 0.25) is 15.9 Å². The van der Waals surface area contributed by atoms with Gasteiger partial charge in [0, 0.05) is 19.3 Å². The monoisotopic (exact) mass is 679 g/mol. The molecule has 1 fully saturated rings. The van der Waals surface area contributed by atoms with Crippen molar-refractivity contribution in [2.24, 2.45) is 0 Å².